The largest absolute Gasteiger partial charge is 0.417 e. The topological polar surface area (TPSA) is 33.1 Å². The molecule has 0 saturated carbocycles. The molecule has 3 rings (SSSR count). The predicted octanol–water partition coefficient (Wildman–Crippen LogP) is 3.35. The van der Waals surface area contributed by atoms with Crippen LogP contribution in [0.5, 0.6) is 0 Å². The van der Waals surface area contributed by atoms with Crippen molar-refractivity contribution in [2.75, 3.05) is 0 Å². The Hall–Kier alpha value is -0.750. The number of aliphatic hydroxyl groups is 1. The lowest BCUT2D eigenvalue weighted by Gasteiger charge is -2.35. The van der Waals surface area contributed by atoms with Gasteiger partial charge in [-0.1, -0.05) is 0 Å². The molecule has 2 aliphatic rings. The van der Waals surface area contributed by atoms with Crippen molar-refractivity contribution in [2.24, 2.45) is 0 Å². The Labute approximate surface area is 113 Å². The molecule has 2 aliphatic heterocycles. The van der Waals surface area contributed by atoms with Gasteiger partial charge in [-0.25, -0.2) is 0 Å². The summed E-state index contributed by atoms with van der Waals surface area (Å²) >= 11 is 1.89. The van der Waals surface area contributed by atoms with Crippen LogP contribution in [-0.4, -0.2) is 20.6 Å². The predicted molar refractivity (Wildman–Crippen MR) is 66.8 cm³/mol. The third-order valence-corrected chi connectivity index (χ3v) is 5.47. The SMILES string of the molecule is OC1(c2ccc(C(F)(F)F)cn2)CC2CCC(C1)S2. The number of fused-ring (bicyclic) bond motifs is 2. The first-order valence-corrected chi connectivity index (χ1v) is 7.23. The number of halogens is 3. The van der Waals surface area contributed by atoms with Gasteiger partial charge in [-0.3, -0.25) is 4.98 Å². The van der Waals surface area contributed by atoms with Crippen molar-refractivity contribution in [3.8, 4) is 0 Å². The van der Waals surface area contributed by atoms with Gasteiger partial charge >= 0.3 is 6.18 Å². The molecule has 1 aromatic heterocycles. The molecule has 104 valence electrons. The molecule has 0 amide bonds. The van der Waals surface area contributed by atoms with Crippen LogP contribution in [0, 0.1) is 0 Å². The molecule has 1 N–H and O–H groups in total. The van der Waals surface area contributed by atoms with E-state index in [0.29, 0.717) is 29.0 Å². The number of hydrogen-bond acceptors (Lipinski definition) is 3. The number of pyridine rings is 1. The lowest BCUT2D eigenvalue weighted by atomic mass is 9.89. The summed E-state index contributed by atoms with van der Waals surface area (Å²) in [7, 11) is 0. The maximum absolute atomic E-state index is 12.5. The lowest BCUT2D eigenvalue weighted by Crippen LogP contribution is -2.35. The van der Waals surface area contributed by atoms with Gasteiger partial charge in [-0.05, 0) is 37.8 Å². The molecule has 2 bridgehead atoms. The molecule has 0 aliphatic carbocycles. The van der Waals surface area contributed by atoms with E-state index in [0.717, 1.165) is 25.1 Å². The third-order valence-electron chi connectivity index (χ3n) is 3.89. The van der Waals surface area contributed by atoms with E-state index in [2.05, 4.69) is 4.98 Å². The van der Waals surface area contributed by atoms with Gasteiger partial charge in [0.1, 0.15) is 5.60 Å². The van der Waals surface area contributed by atoms with Crippen molar-refractivity contribution in [1.82, 2.24) is 4.98 Å². The summed E-state index contributed by atoms with van der Waals surface area (Å²) in [6.45, 7) is 0. The fourth-order valence-electron chi connectivity index (χ4n) is 2.96. The zero-order valence-corrected chi connectivity index (χ0v) is 11.0. The Balaban J connectivity index is 1.86. The molecule has 19 heavy (non-hydrogen) atoms. The first kappa shape index (κ1) is 13.2. The van der Waals surface area contributed by atoms with E-state index in [4.69, 9.17) is 0 Å². The lowest BCUT2D eigenvalue weighted by molar-refractivity contribution is -0.137. The first-order chi connectivity index (χ1) is 8.87. The Bertz CT molecular complexity index is 462. The monoisotopic (exact) mass is 289 g/mol. The van der Waals surface area contributed by atoms with Crippen LogP contribution in [-0.2, 0) is 11.8 Å². The molecule has 2 unspecified atom stereocenters. The highest BCUT2D eigenvalue weighted by molar-refractivity contribution is 8.00. The van der Waals surface area contributed by atoms with Gasteiger partial charge in [0.05, 0.1) is 11.3 Å². The zero-order valence-electron chi connectivity index (χ0n) is 10.2. The summed E-state index contributed by atoms with van der Waals surface area (Å²) in [5.74, 6) is 0. The number of aromatic nitrogens is 1. The summed E-state index contributed by atoms with van der Waals surface area (Å²) in [6, 6.07) is 2.32. The maximum Gasteiger partial charge on any atom is 0.417 e. The van der Waals surface area contributed by atoms with Crippen LogP contribution < -0.4 is 0 Å². The van der Waals surface area contributed by atoms with Crippen LogP contribution in [0.2, 0.25) is 0 Å². The molecule has 2 nitrogen and oxygen atoms in total. The van der Waals surface area contributed by atoms with Crippen LogP contribution in [0.1, 0.15) is 36.9 Å². The van der Waals surface area contributed by atoms with E-state index in [9.17, 15) is 18.3 Å². The van der Waals surface area contributed by atoms with Gasteiger partial charge in [0.2, 0.25) is 0 Å². The fourth-order valence-corrected chi connectivity index (χ4v) is 4.80. The van der Waals surface area contributed by atoms with Gasteiger partial charge in [0.25, 0.3) is 0 Å². The zero-order chi connectivity index (χ0) is 13.7. The van der Waals surface area contributed by atoms with E-state index >= 15 is 0 Å². The average molecular weight is 289 g/mol. The normalized spacial score (nSPS) is 34.5. The van der Waals surface area contributed by atoms with Crippen LogP contribution in [0.25, 0.3) is 0 Å². The average Bonchev–Trinajstić information content (AvgIpc) is 2.68. The van der Waals surface area contributed by atoms with Crippen LogP contribution in [0.4, 0.5) is 13.2 Å². The Kier molecular flexibility index (Phi) is 3.05. The van der Waals surface area contributed by atoms with E-state index < -0.39 is 17.3 Å². The molecular weight excluding hydrogens is 275 g/mol. The highest BCUT2D eigenvalue weighted by Gasteiger charge is 2.45. The minimum Gasteiger partial charge on any atom is -0.383 e. The van der Waals surface area contributed by atoms with Crippen LogP contribution in [0.3, 0.4) is 0 Å². The van der Waals surface area contributed by atoms with Crippen LogP contribution in [0.15, 0.2) is 18.3 Å². The quantitative estimate of drug-likeness (QED) is 0.860. The van der Waals surface area contributed by atoms with E-state index in [1.807, 2.05) is 11.8 Å². The van der Waals surface area contributed by atoms with Gasteiger partial charge in [-0.2, -0.15) is 24.9 Å². The molecular formula is C13H14F3NOS. The highest BCUT2D eigenvalue weighted by atomic mass is 32.2. The van der Waals surface area contributed by atoms with Crippen molar-refractivity contribution >= 4 is 11.8 Å². The summed E-state index contributed by atoms with van der Waals surface area (Å²) < 4.78 is 37.5. The molecule has 0 spiro atoms. The summed E-state index contributed by atoms with van der Waals surface area (Å²) in [4.78, 5) is 3.86. The second kappa shape index (κ2) is 4.38. The number of alkyl halides is 3. The fraction of sp³-hybridized carbons (Fsp3) is 0.615. The molecule has 2 atom stereocenters. The Morgan fingerprint density at radius 2 is 1.84 bits per heavy atom. The molecule has 3 heterocycles. The summed E-state index contributed by atoms with van der Waals surface area (Å²) in [5.41, 5.74) is -1.45. The standard InChI is InChI=1S/C13H14F3NOS/c14-13(15,16)8-1-4-11(17-7-8)12(18)5-9-2-3-10(6-12)19-9/h1,4,7,9-10,18H,2-3,5-6H2. The molecule has 1 aromatic rings. The third kappa shape index (κ3) is 2.48. The molecule has 6 heteroatoms. The van der Waals surface area contributed by atoms with Gasteiger partial charge in [-0.15, -0.1) is 0 Å². The van der Waals surface area contributed by atoms with Crippen molar-refractivity contribution in [3.63, 3.8) is 0 Å². The molecule has 2 saturated heterocycles. The Morgan fingerprint density at radius 1 is 1.21 bits per heavy atom. The van der Waals surface area contributed by atoms with E-state index in [1.54, 1.807) is 0 Å². The second-order valence-corrected chi connectivity index (χ2v) is 6.93. The maximum atomic E-state index is 12.5. The Morgan fingerprint density at radius 3 is 2.32 bits per heavy atom. The smallest absolute Gasteiger partial charge is 0.383 e. The van der Waals surface area contributed by atoms with Crippen molar-refractivity contribution in [1.29, 1.82) is 0 Å². The van der Waals surface area contributed by atoms with Crippen molar-refractivity contribution < 1.29 is 18.3 Å². The van der Waals surface area contributed by atoms with Gasteiger partial charge in [0, 0.05) is 16.7 Å². The van der Waals surface area contributed by atoms with Crippen LogP contribution >= 0.6 is 11.8 Å². The molecule has 0 radical (unpaired) electrons. The van der Waals surface area contributed by atoms with Crippen molar-refractivity contribution in [3.05, 3.63) is 29.6 Å². The van der Waals surface area contributed by atoms with E-state index in [-0.39, 0.29) is 0 Å². The number of thioether (sulfide) groups is 1. The molecule has 0 aromatic carbocycles. The minimum atomic E-state index is -4.38. The summed E-state index contributed by atoms with van der Waals surface area (Å²) in [6.07, 6.45) is -0.220. The van der Waals surface area contributed by atoms with Crippen molar-refractivity contribution in [2.45, 2.75) is 48.0 Å². The van der Waals surface area contributed by atoms with Gasteiger partial charge in [0.15, 0.2) is 0 Å². The number of rotatable bonds is 1. The van der Waals surface area contributed by atoms with Gasteiger partial charge < -0.3 is 5.11 Å². The summed E-state index contributed by atoms with van der Waals surface area (Å²) in [5, 5.41) is 11.5. The minimum absolute atomic E-state index is 0.373. The number of nitrogens with zero attached hydrogens (tertiary/aromatic N) is 1. The number of hydrogen-bond donors (Lipinski definition) is 1. The first-order valence-electron chi connectivity index (χ1n) is 6.28. The highest BCUT2D eigenvalue weighted by Crippen LogP contribution is 2.50. The van der Waals surface area contributed by atoms with E-state index in [1.165, 1.54) is 6.07 Å². The second-order valence-electron chi connectivity index (χ2n) is 5.33. The molecule has 2 fully saturated rings.